The summed E-state index contributed by atoms with van der Waals surface area (Å²) >= 11 is 0. The Bertz CT molecular complexity index is 1140. The summed E-state index contributed by atoms with van der Waals surface area (Å²) in [6, 6.07) is 0.793. The number of hydrogen-bond acceptors (Lipinski definition) is 6. The van der Waals surface area contributed by atoms with E-state index in [1.54, 1.807) is 25.7 Å². The minimum atomic E-state index is -1.57. The first kappa shape index (κ1) is 26.0. The maximum atomic E-state index is 14.6. The number of alkyl halides is 1. The topological polar surface area (TPSA) is 97.6 Å². The monoisotopic (exact) mass is 508 g/mol. The maximum absolute atomic E-state index is 14.6. The van der Waals surface area contributed by atoms with Crippen LogP contribution in [0.1, 0.15) is 81.8 Å². The zero-order chi connectivity index (χ0) is 26.3. The summed E-state index contributed by atoms with van der Waals surface area (Å²) < 4.78 is 53.4. The second-order valence-electron chi connectivity index (χ2n) is 10.6. The SMILES string of the molecule is Cc1cc(F)c(C[C@H](CC(=O)N2CCC[C@H]2c2noc(C3(F)CC3)n2)NC(=O)OC(C)(C)C)cc1F. The number of aromatic nitrogens is 2. The molecule has 1 N–H and O–H groups in total. The molecule has 2 fully saturated rings. The van der Waals surface area contributed by atoms with E-state index in [1.807, 2.05) is 0 Å². The van der Waals surface area contributed by atoms with Crippen LogP contribution in [0.15, 0.2) is 16.7 Å². The Labute approximate surface area is 207 Å². The number of hydrogen-bond donors (Lipinski definition) is 1. The predicted octanol–water partition coefficient (Wildman–Crippen LogP) is 4.80. The molecule has 1 saturated heterocycles. The van der Waals surface area contributed by atoms with Crippen LogP contribution in [0.25, 0.3) is 0 Å². The van der Waals surface area contributed by atoms with Gasteiger partial charge in [-0.15, -0.1) is 0 Å². The van der Waals surface area contributed by atoms with Gasteiger partial charge in [-0.3, -0.25) is 4.79 Å². The Morgan fingerprint density at radius 1 is 1.28 bits per heavy atom. The van der Waals surface area contributed by atoms with Crippen LogP contribution in [0.4, 0.5) is 18.0 Å². The molecule has 2 aromatic rings. The number of halogens is 3. The summed E-state index contributed by atoms with van der Waals surface area (Å²) in [5.41, 5.74) is -2.17. The number of benzene rings is 1. The number of likely N-dealkylation sites (tertiary alicyclic amines) is 1. The fourth-order valence-electron chi connectivity index (χ4n) is 4.30. The minimum Gasteiger partial charge on any atom is -0.444 e. The standard InChI is InChI=1S/C25H31F3N4O4/c1-14-10-18(27)15(12-17(14)26)11-16(29-23(34)35-24(2,3)4)13-20(33)32-9-5-6-19(32)21-30-22(36-31-21)25(28)7-8-25/h10,12,16,19H,5-9,11,13H2,1-4H3,(H,29,34)/t16-,19+/m1/s1. The van der Waals surface area contributed by atoms with Crippen molar-refractivity contribution in [3.05, 3.63) is 46.6 Å². The number of nitrogens with zero attached hydrogens (tertiary/aromatic N) is 3. The van der Waals surface area contributed by atoms with Gasteiger partial charge >= 0.3 is 6.09 Å². The lowest BCUT2D eigenvalue weighted by Gasteiger charge is -2.27. The van der Waals surface area contributed by atoms with Crippen molar-refractivity contribution in [1.82, 2.24) is 20.4 Å². The van der Waals surface area contributed by atoms with E-state index < -0.39 is 41.1 Å². The van der Waals surface area contributed by atoms with Gasteiger partial charge in [0, 0.05) is 19.0 Å². The van der Waals surface area contributed by atoms with E-state index in [-0.39, 0.29) is 41.6 Å². The molecule has 8 nitrogen and oxygen atoms in total. The number of nitrogens with one attached hydrogen (secondary N) is 1. The number of amides is 2. The average Bonchev–Trinajstić information content (AvgIpc) is 3.17. The molecule has 0 unspecified atom stereocenters. The van der Waals surface area contributed by atoms with Gasteiger partial charge in [-0.05, 0) is 83.1 Å². The van der Waals surface area contributed by atoms with Crippen molar-refractivity contribution < 1.29 is 32.0 Å². The van der Waals surface area contributed by atoms with E-state index in [0.29, 0.717) is 32.2 Å². The highest BCUT2D eigenvalue weighted by Crippen LogP contribution is 2.49. The van der Waals surface area contributed by atoms with Gasteiger partial charge in [0.05, 0.1) is 6.04 Å². The van der Waals surface area contributed by atoms with Crippen molar-refractivity contribution in [1.29, 1.82) is 0 Å². The van der Waals surface area contributed by atoms with E-state index >= 15 is 0 Å². The van der Waals surface area contributed by atoms with Gasteiger partial charge in [0.15, 0.2) is 11.5 Å². The van der Waals surface area contributed by atoms with E-state index in [4.69, 9.17) is 9.26 Å². The lowest BCUT2D eigenvalue weighted by molar-refractivity contribution is -0.132. The van der Waals surface area contributed by atoms with Crippen LogP contribution in [-0.2, 0) is 21.6 Å². The summed E-state index contributed by atoms with van der Waals surface area (Å²) in [6.45, 7) is 6.95. The summed E-state index contributed by atoms with van der Waals surface area (Å²) in [5.74, 6) is -1.38. The molecular weight excluding hydrogens is 477 g/mol. The minimum absolute atomic E-state index is 0.0328. The molecule has 1 saturated carbocycles. The molecule has 196 valence electrons. The molecule has 2 atom stereocenters. The molecule has 36 heavy (non-hydrogen) atoms. The van der Waals surface area contributed by atoms with E-state index in [2.05, 4.69) is 15.5 Å². The zero-order valence-corrected chi connectivity index (χ0v) is 20.9. The molecule has 1 aliphatic carbocycles. The third-order valence-corrected chi connectivity index (χ3v) is 6.32. The van der Waals surface area contributed by atoms with Gasteiger partial charge in [-0.25, -0.2) is 18.0 Å². The Morgan fingerprint density at radius 3 is 2.67 bits per heavy atom. The third-order valence-electron chi connectivity index (χ3n) is 6.32. The number of carbonyl (C=O) groups is 2. The second-order valence-corrected chi connectivity index (χ2v) is 10.6. The largest absolute Gasteiger partial charge is 0.444 e. The van der Waals surface area contributed by atoms with Crippen LogP contribution in [-0.4, -0.2) is 45.2 Å². The first-order valence-electron chi connectivity index (χ1n) is 12.1. The van der Waals surface area contributed by atoms with Crippen LogP contribution in [0, 0.1) is 18.6 Å². The molecular formula is C25H31F3N4O4. The van der Waals surface area contributed by atoms with Crippen molar-refractivity contribution in [2.75, 3.05) is 6.54 Å². The van der Waals surface area contributed by atoms with Crippen LogP contribution < -0.4 is 5.32 Å². The second kappa shape index (κ2) is 9.74. The molecule has 0 radical (unpaired) electrons. The lowest BCUT2D eigenvalue weighted by Crippen LogP contribution is -2.44. The predicted molar refractivity (Wildman–Crippen MR) is 123 cm³/mol. The molecule has 0 spiro atoms. The Morgan fingerprint density at radius 2 is 2.00 bits per heavy atom. The first-order chi connectivity index (χ1) is 16.8. The highest BCUT2D eigenvalue weighted by Gasteiger charge is 2.51. The van der Waals surface area contributed by atoms with Crippen LogP contribution in [0.2, 0.25) is 0 Å². The summed E-state index contributed by atoms with van der Waals surface area (Å²) in [4.78, 5) is 31.5. The Balaban J connectivity index is 1.50. The molecule has 2 aliphatic rings. The van der Waals surface area contributed by atoms with Crippen molar-refractivity contribution in [2.24, 2.45) is 0 Å². The lowest BCUT2D eigenvalue weighted by atomic mass is 10.0. The summed E-state index contributed by atoms with van der Waals surface area (Å²) in [5, 5.41) is 6.53. The van der Waals surface area contributed by atoms with Crippen molar-refractivity contribution in [3.8, 4) is 0 Å². The Kier molecular flexibility index (Phi) is 7.03. The highest BCUT2D eigenvalue weighted by atomic mass is 19.1. The molecule has 1 aliphatic heterocycles. The summed E-state index contributed by atoms with van der Waals surface area (Å²) in [6.07, 6.45) is 0.833. The van der Waals surface area contributed by atoms with Gasteiger partial charge in [0.2, 0.25) is 5.91 Å². The van der Waals surface area contributed by atoms with Crippen LogP contribution in [0.3, 0.4) is 0 Å². The van der Waals surface area contributed by atoms with Gasteiger partial charge < -0.3 is 19.5 Å². The van der Waals surface area contributed by atoms with Gasteiger partial charge in [0.25, 0.3) is 5.89 Å². The third kappa shape index (κ3) is 5.99. The molecule has 2 amide bonds. The number of alkyl carbamates (subject to hydrolysis) is 1. The maximum Gasteiger partial charge on any atom is 0.407 e. The first-order valence-corrected chi connectivity index (χ1v) is 12.1. The van der Waals surface area contributed by atoms with E-state index in [9.17, 15) is 22.8 Å². The number of rotatable bonds is 7. The smallest absolute Gasteiger partial charge is 0.407 e. The van der Waals surface area contributed by atoms with Gasteiger partial charge in [-0.2, -0.15) is 4.98 Å². The van der Waals surface area contributed by atoms with Crippen LogP contribution >= 0.6 is 0 Å². The van der Waals surface area contributed by atoms with Crippen LogP contribution in [0.5, 0.6) is 0 Å². The number of carbonyl (C=O) groups excluding carboxylic acids is 2. The van der Waals surface area contributed by atoms with Crippen molar-refractivity contribution in [2.45, 2.75) is 89.6 Å². The molecule has 2 heterocycles. The number of ether oxygens (including phenoxy) is 1. The summed E-state index contributed by atoms with van der Waals surface area (Å²) in [7, 11) is 0. The number of aryl methyl sites for hydroxylation is 1. The molecule has 11 heteroatoms. The zero-order valence-electron chi connectivity index (χ0n) is 20.9. The molecule has 0 bridgehead atoms. The quantitative estimate of drug-likeness (QED) is 0.577. The fraction of sp³-hybridized carbons (Fsp3) is 0.600. The fourth-order valence-corrected chi connectivity index (χ4v) is 4.30. The Hall–Kier alpha value is -3.11. The van der Waals surface area contributed by atoms with Crippen molar-refractivity contribution >= 4 is 12.0 Å². The highest BCUT2D eigenvalue weighted by molar-refractivity contribution is 5.78. The molecule has 1 aromatic heterocycles. The normalized spacial score (nSPS) is 19.8. The van der Waals surface area contributed by atoms with Crippen molar-refractivity contribution in [3.63, 3.8) is 0 Å². The molecule has 4 rings (SSSR count). The van der Waals surface area contributed by atoms with E-state index in [0.717, 1.165) is 12.1 Å². The van der Waals surface area contributed by atoms with Gasteiger partial charge in [0.1, 0.15) is 17.2 Å². The average molecular weight is 509 g/mol. The van der Waals surface area contributed by atoms with Gasteiger partial charge in [-0.1, -0.05) is 5.16 Å². The van der Waals surface area contributed by atoms with E-state index in [1.165, 1.54) is 6.92 Å². The molecule has 1 aromatic carbocycles.